The lowest BCUT2D eigenvalue weighted by atomic mass is 9.97. The van der Waals surface area contributed by atoms with Gasteiger partial charge in [0.25, 0.3) is 0 Å². The predicted molar refractivity (Wildman–Crippen MR) is 100 cm³/mol. The number of aryl methyl sites for hydroxylation is 2. The molecule has 1 aliphatic heterocycles. The summed E-state index contributed by atoms with van der Waals surface area (Å²) < 4.78 is 7.10. The number of nitrogens with zero attached hydrogens (tertiary/aromatic N) is 5. The number of piperazine rings is 1. The van der Waals surface area contributed by atoms with Crippen LogP contribution in [0.5, 0.6) is 5.75 Å². The molecule has 0 aliphatic carbocycles. The van der Waals surface area contributed by atoms with Gasteiger partial charge in [-0.1, -0.05) is 0 Å². The number of carbonyl (C=O) groups is 1. The molecule has 1 aliphatic rings. The van der Waals surface area contributed by atoms with Gasteiger partial charge in [-0.05, 0) is 38.1 Å². The van der Waals surface area contributed by atoms with E-state index < -0.39 is 0 Å². The summed E-state index contributed by atoms with van der Waals surface area (Å²) >= 11 is 0. The van der Waals surface area contributed by atoms with Crippen molar-refractivity contribution in [2.24, 2.45) is 7.05 Å². The van der Waals surface area contributed by atoms with Crippen molar-refractivity contribution in [3.05, 3.63) is 36.4 Å². The van der Waals surface area contributed by atoms with Crippen molar-refractivity contribution in [2.75, 3.05) is 31.6 Å². The topological polar surface area (TPSA) is 63.5 Å². The summed E-state index contributed by atoms with van der Waals surface area (Å²) in [6.45, 7) is 6.61. The Kier molecular flexibility index (Phi) is 5.15. The zero-order valence-electron chi connectivity index (χ0n) is 16.0. The highest BCUT2D eigenvalue weighted by molar-refractivity contribution is 5.77. The number of aromatic nitrogens is 3. The lowest BCUT2D eigenvalue weighted by Gasteiger charge is -2.48. The van der Waals surface area contributed by atoms with Crippen molar-refractivity contribution in [3.63, 3.8) is 0 Å². The Labute approximate surface area is 154 Å². The SMILES string of the molecule is COc1ccc(N2CCN(C(=O)CCc3nncn3C)CC2(C)C)cc1. The molecular weight excluding hydrogens is 330 g/mol. The zero-order chi connectivity index (χ0) is 18.7. The molecule has 0 atom stereocenters. The van der Waals surface area contributed by atoms with Crippen molar-refractivity contribution in [2.45, 2.75) is 32.2 Å². The van der Waals surface area contributed by atoms with Gasteiger partial charge in [0, 0.05) is 45.2 Å². The normalized spacial score (nSPS) is 16.6. The standard InChI is InChI=1S/C19H27N5O2/c1-19(2)13-23(18(25)10-9-17-21-20-14-22(17)3)11-12-24(19)15-5-7-16(26-4)8-6-15/h5-8,14H,9-13H2,1-4H3. The molecule has 7 heteroatoms. The maximum Gasteiger partial charge on any atom is 0.223 e. The maximum absolute atomic E-state index is 12.7. The number of anilines is 1. The smallest absolute Gasteiger partial charge is 0.223 e. The van der Waals surface area contributed by atoms with E-state index in [1.165, 1.54) is 0 Å². The highest BCUT2D eigenvalue weighted by Gasteiger charge is 2.35. The molecule has 1 fully saturated rings. The first kappa shape index (κ1) is 18.2. The Balaban J connectivity index is 1.62. The average Bonchev–Trinajstić information content (AvgIpc) is 3.04. The Morgan fingerprint density at radius 3 is 2.54 bits per heavy atom. The Morgan fingerprint density at radius 2 is 1.96 bits per heavy atom. The van der Waals surface area contributed by atoms with Crippen LogP contribution in [0.15, 0.2) is 30.6 Å². The lowest BCUT2D eigenvalue weighted by molar-refractivity contribution is -0.132. The Hall–Kier alpha value is -2.57. The second-order valence-electron chi connectivity index (χ2n) is 7.34. The van der Waals surface area contributed by atoms with E-state index in [1.54, 1.807) is 13.4 Å². The third-order valence-corrected chi connectivity index (χ3v) is 5.01. The number of methoxy groups -OCH3 is 1. The van der Waals surface area contributed by atoms with Crippen molar-refractivity contribution in [3.8, 4) is 5.75 Å². The molecule has 7 nitrogen and oxygen atoms in total. The molecule has 3 rings (SSSR count). The van der Waals surface area contributed by atoms with Crippen LogP contribution in [0.25, 0.3) is 0 Å². The fourth-order valence-electron chi connectivity index (χ4n) is 3.52. The monoisotopic (exact) mass is 357 g/mol. The summed E-state index contributed by atoms with van der Waals surface area (Å²) in [7, 11) is 3.57. The summed E-state index contributed by atoms with van der Waals surface area (Å²) in [6, 6.07) is 8.10. The summed E-state index contributed by atoms with van der Waals surface area (Å²) in [4.78, 5) is 17.0. The number of hydrogen-bond donors (Lipinski definition) is 0. The van der Waals surface area contributed by atoms with Crippen LogP contribution in [0.2, 0.25) is 0 Å². The second kappa shape index (κ2) is 7.35. The van der Waals surface area contributed by atoms with Crippen molar-refractivity contribution >= 4 is 11.6 Å². The van der Waals surface area contributed by atoms with E-state index in [9.17, 15) is 4.79 Å². The van der Waals surface area contributed by atoms with Gasteiger partial charge in [0.15, 0.2) is 0 Å². The van der Waals surface area contributed by atoms with E-state index >= 15 is 0 Å². The van der Waals surface area contributed by atoms with Gasteiger partial charge in [0.2, 0.25) is 5.91 Å². The quantitative estimate of drug-likeness (QED) is 0.818. The first-order chi connectivity index (χ1) is 12.4. The molecule has 26 heavy (non-hydrogen) atoms. The molecule has 0 radical (unpaired) electrons. The Bertz CT molecular complexity index is 754. The molecular formula is C19H27N5O2. The number of carbonyl (C=O) groups excluding carboxylic acids is 1. The average molecular weight is 357 g/mol. The van der Waals surface area contributed by atoms with Crippen LogP contribution >= 0.6 is 0 Å². The number of hydrogen-bond acceptors (Lipinski definition) is 5. The largest absolute Gasteiger partial charge is 0.497 e. The molecule has 1 aromatic carbocycles. The number of rotatable bonds is 5. The molecule has 0 saturated carbocycles. The van der Waals surface area contributed by atoms with Gasteiger partial charge < -0.3 is 19.1 Å². The van der Waals surface area contributed by atoms with Gasteiger partial charge in [0.05, 0.1) is 12.6 Å². The van der Waals surface area contributed by atoms with Crippen LogP contribution < -0.4 is 9.64 Å². The van der Waals surface area contributed by atoms with Gasteiger partial charge in [-0.2, -0.15) is 0 Å². The van der Waals surface area contributed by atoms with Crippen molar-refractivity contribution < 1.29 is 9.53 Å². The molecule has 1 aromatic heterocycles. The van der Waals surface area contributed by atoms with E-state index in [0.717, 1.165) is 30.4 Å². The van der Waals surface area contributed by atoms with Gasteiger partial charge in [-0.3, -0.25) is 4.79 Å². The third-order valence-electron chi connectivity index (χ3n) is 5.01. The molecule has 0 unspecified atom stereocenters. The molecule has 2 heterocycles. The fourth-order valence-corrected chi connectivity index (χ4v) is 3.52. The maximum atomic E-state index is 12.7. The molecule has 0 bridgehead atoms. The minimum atomic E-state index is -0.132. The Morgan fingerprint density at radius 1 is 1.23 bits per heavy atom. The summed E-state index contributed by atoms with van der Waals surface area (Å²) in [5, 5.41) is 7.91. The highest BCUT2D eigenvalue weighted by Crippen LogP contribution is 2.29. The zero-order valence-corrected chi connectivity index (χ0v) is 16.0. The van der Waals surface area contributed by atoms with E-state index in [1.807, 2.05) is 28.6 Å². The van der Waals surface area contributed by atoms with Crippen LogP contribution in [0.1, 0.15) is 26.1 Å². The van der Waals surface area contributed by atoms with Crippen molar-refractivity contribution in [1.29, 1.82) is 0 Å². The van der Waals surface area contributed by atoms with E-state index in [0.29, 0.717) is 19.4 Å². The first-order valence-corrected chi connectivity index (χ1v) is 8.93. The van der Waals surface area contributed by atoms with Gasteiger partial charge in [-0.15, -0.1) is 10.2 Å². The van der Waals surface area contributed by atoms with Gasteiger partial charge in [-0.25, -0.2) is 0 Å². The molecule has 1 saturated heterocycles. The van der Waals surface area contributed by atoms with E-state index in [-0.39, 0.29) is 11.4 Å². The van der Waals surface area contributed by atoms with Crippen LogP contribution in [0.3, 0.4) is 0 Å². The van der Waals surface area contributed by atoms with Crippen LogP contribution in [0.4, 0.5) is 5.69 Å². The van der Waals surface area contributed by atoms with Crippen molar-refractivity contribution in [1.82, 2.24) is 19.7 Å². The van der Waals surface area contributed by atoms with Crippen LogP contribution in [-0.4, -0.2) is 57.9 Å². The summed E-state index contributed by atoms with van der Waals surface area (Å²) in [5.41, 5.74) is 1.02. The predicted octanol–water partition coefficient (Wildman–Crippen LogP) is 1.88. The first-order valence-electron chi connectivity index (χ1n) is 8.93. The highest BCUT2D eigenvalue weighted by atomic mass is 16.5. The lowest BCUT2D eigenvalue weighted by Crippen LogP contribution is -2.60. The molecule has 1 amide bonds. The number of ether oxygens (including phenoxy) is 1. The van der Waals surface area contributed by atoms with E-state index in [2.05, 4.69) is 41.1 Å². The molecule has 140 valence electrons. The minimum absolute atomic E-state index is 0.132. The number of amides is 1. The van der Waals surface area contributed by atoms with Gasteiger partial charge >= 0.3 is 0 Å². The summed E-state index contributed by atoms with van der Waals surface area (Å²) in [6.07, 6.45) is 2.75. The minimum Gasteiger partial charge on any atom is -0.497 e. The number of benzene rings is 1. The molecule has 0 N–H and O–H groups in total. The summed E-state index contributed by atoms with van der Waals surface area (Å²) in [5.74, 6) is 1.87. The fraction of sp³-hybridized carbons (Fsp3) is 0.526. The van der Waals surface area contributed by atoms with Gasteiger partial charge in [0.1, 0.15) is 17.9 Å². The molecule has 0 spiro atoms. The third kappa shape index (κ3) is 3.81. The van der Waals surface area contributed by atoms with Crippen LogP contribution in [0, 0.1) is 0 Å². The van der Waals surface area contributed by atoms with E-state index in [4.69, 9.17) is 4.74 Å². The molecule has 2 aromatic rings. The second-order valence-corrected chi connectivity index (χ2v) is 7.34. The van der Waals surface area contributed by atoms with Crippen LogP contribution in [-0.2, 0) is 18.3 Å².